The van der Waals surface area contributed by atoms with Gasteiger partial charge in [-0.1, -0.05) is 20.8 Å². The van der Waals surface area contributed by atoms with Crippen LogP contribution >= 0.6 is 0 Å². The number of nitrogens with one attached hydrogen (secondary N) is 1. The van der Waals surface area contributed by atoms with Crippen LogP contribution in [0.1, 0.15) is 37.6 Å². The summed E-state index contributed by atoms with van der Waals surface area (Å²) in [5, 5.41) is 12.0. The molecule has 16 heavy (non-hydrogen) atoms. The Labute approximate surface area is 95.7 Å². The molecule has 0 saturated carbocycles. The SMILES string of the molecule is CC(C)(C)CCNC(=O)c1cncc(O)c1. The lowest BCUT2D eigenvalue weighted by Crippen LogP contribution is -2.27. The molecular formula is C12H18N2O2. The minimum absolute atomic E-state index is 0.00321. The summed E-state index contributed by atoms with van der Waals surface area (Å²) >= 11 is 0. The minimum Gasteiger partial charge on any atom is -0.506 e. The lowest BCUT2D eigenvalue weighted by Gasteiger charge is -2.17. The highest BCUT2D eigenvalue weighted by molar-refractivity contribution is 5.94. The van der Waals surface area contributed by atoms with Crippen molar-refractivity contribution >= 4 is 5.91 Å². The van der Waals surface area contributed by atoms with Crippen LogP contribution in [0.5, 0.6) is 5.75 Å². The van der Waals surface area contributed by atoms with E-state index in [2.05, 4.69) is 31.1 Å². The Morgan fingerprint density at radius 2 is 2.12 bits per heavy atom. The molecular weight excluding hydrogens is 204 g/mol. The Morgan fingerprint density at radius 1 is 1.44 bits per heavy atom. The van der Waals surface area contributed by atoms with E-state index < -0.39 is 0 Å². The fourth-order valence-corrected chi connectivity index (χ4v) is 1.21. The summed E-state index contributed by atoms with van der Waals surface area (Å²) in [5.41, 5.74) is 0.582. The Bertz CT molecular complexity index is 370. The van der Waals surface area contributed by atoms with Crippen LogP contribution in [0.3, 0.4) is 0 Å². The van der Waals surface area contributed by atoms with E-state index in [0.717, 1.165) is 6.42 Å². The van der Waals surface area contributed by atoms with E-state index in [1.165, 1.54) is 18.5 Å². The van der Waals surface area contributed by atoms with Crippen LogP contribution in [0, 0.1) is 5.41 Å². The first kappa shape index (κ1) is 12.5. The number of hydrogen-bond donors (Lipinski definition) is 2. The summed E-state index contributed by atoms with van der Waals surface area (Å²) in [6.45, 7) is 6.98. The van der Waals surface area contributed by atoms with E-state index in [-0.39, 0.29) is 17.1 Å². The van der Waals surface area contributed by atoms with Crippen LogP contribution in [-0.2, 0) is 0 Å². The number of pyridine rings is 1. The second-order valence-corrected chi connectivity index (χ2v) is 5.00. The number of amides is 1. The zero-order valence-electron chi connectivity index (χ0n) is 9.95. The molecule has 0 saturated heterocycles. The zero-order chi connectivity index (χ0) is 12.2. The third-order valence-corrected chi connectivity index (χ3v) is 2.15. The molecule has 0 aliphatic carbocycles. The number of aromatic hydroxyl groups is 1. The lowest BCUT2D eigenvalue weighted by molar-refractivity contribution is 0.0948. The second kappa shape index (κ2) is 4.96. The maximum atomic E-state index is 11.6. The van der Waals surface area contributed by atoms with Crippen molar-refractivity contribution in [3.8, 4) is 5.75 Å². The lowest BCUT2D eigenvalue weighted by atomic mass is 9.92. The molecule has 0 fully saturated rings. The molecule has 0 radical (unpaired) electrons. The van der Waals surface area contributed by atoms with Crippen molar-refractivity contribution in [1.82, 2.24) is 10.3 Å². The van der Waals surface area contributed by atoms with E-state index in [1.807, 2.05) is 0 Å². The molecule has 4 heteroatoms. The van der Waals surface area contributed by atoms with Crippen LogP contribution in [0.2, 0.25) is 0 Å². The van der Waals surface area contributed by atoms with E-state index in [4.69, 9.17) is 0 Å². The van der Waals surface area contributed by atoms with Crippen LogP contribution < -0.4 is 5.32 Å². The Balaban J connectivity index is 2.47. The van der Waals surface area contributed by atoms with E-state index >= 15 is 0 Å². The van der Waals surface area contributed by atoms with Crippen molar-refractivity contribution in [2.75, 3.05) is 6.54 Å². The van der Waals surface area contributed by atoms with Gasteiger partial charge in [-0.2, -0.15) is 0 Å². The highest BCUT2D eigenvalue weighted by atomic mass is 16.3. The molecule has 4 nitrogen and oxygen atoms in total. The van der Waals surface area contributed by atoms with Gasteiger partial charge in [0.15, 0.2) is 0 Å². The van der Waals surface area contributed by atoms with Crippen molar-refractivity contribution in [2.24, 2.45) is 5.41 Å². The highest BCUT2D eigenvalue weighted by Gasteiger charge is 2.11. The van der Waals surface area contributed by atoms with Crippen molar-refractivity contribution in [3.05, 3.63) is 24.0 Å². The first-order chi connectivity index (χ1) is 7.38. The summed E-state index contributed by atoms with van der Waals surface area (Å²) in [5.74, 6) is -0.198. The van der Waals surface area contributed by atoms with Gasteiger partial charge in [-0.15, -0.1) is 0 Å². The van der Waals surface area contributed by atoms with Gasteiger partial charge in [-0.05, 0) is 17.9 Å². The van der Waals surface area contributed by atoms with Crippen LogP contribution in [0.15, 0.2) is 18.5 Å². The quantitative estimate of drug-likeness (QED) is 0.821. The third-order valence-electron chi connectivity index (χ3n) is 2.15. The summed E-state index contributed by atoms with van der Waals surface area (Å²) in [7, 11) is 0. The first-order valence-corrected chi connectivity index (χ1v) is 5.31. The maximum Gasteiger partial charge on any atom is 0.252 e. The fraction of sp³-hybridized carbons (Fsp3) is 0.500. The molecule has 1 aromatic heterocycles. The summed E-state index contributed by atoms with van der Waals surface area (Å²) < 4.78 is 0. The number of hydrogen-bond acceptors (Lipinski definition) is 3. The molecule has 0 unspecified atom stereocenters. The predicted octanol–water partition coefficient (Wildman–Crippen LogP) is 1.95. The molecule has 1 aromatic rings. The molecule has 0 bridgehead atoms. The van der Waals surface area contributed by atoms with Gasteiger partial charge in [0.2, 0.25) is 0 Å². The zero-order valence-corrected chi connectivity index (χ0v) is 9.95. The molecule has 0 aromatic carbocycles. The molecule has 0 aliphatic rings. The van der Waals surface area contributed by atoms with Gasteiger partial charge in [-0.3, -0.25) is 9.78 Å². The topological polar surface area (TPSA) is 62.2 Å². The molecule has 0 spiro atoms. The summed E-state index contributed by atoms with van der Waals surface area (Å²) in [6.07, 6.45) is 3.64. The average molecular weight is 222 g/mol. The number of aromatic nitrogens is 1. The first-order valence-electron chi connectivity index (χ1n) is 5.31. The van der Waals surface area contributed by atoms with Gasteiger partial charge in [0, 0.05) is 12.7 Å². The second-order valence-electron chi connectivity index (χ2n) is 5.00. The van der Waals surface area contributed by atoms with Gasteiger partial charge >= 0.3 is 0 Å². The molecule has 1 rings (SSSR count). The summed E-state index contributed by atoms with van der Waals surface area (Å²) in [4.78, 5) is 15.4. The monoisotopic (exact) mass is 222 g/mol. The third kappa shape index (κ3) is 4.29. The average Bonchev–Trinajstić information content (AvgIpc) is 2.15. The van der Waals surface area contributed by atoms with Crippen molar-refractivity contribution in [3.63, 3.8) is 0 Å². The van der Waals surface area contributed by atoms with Gasteiger partial charge < -0.3 is 10.4 Å². The van der Waals surface area contributed by atoms with Crippen LogP contribution in [-0.4, -0.2) is 22.5 Å². The Hall–Kier alpha value is -1.58. The number of carbonyl (C=O) groups is 1. The predicted molar refractivity (Wildman–Crippen MR) is 62.3 cm³/mol. The smallest absolute Gasteiger partial charge is 0.252 e. The number of carbonyl (C=O) groups excluding carboxylic acids is 1. The molecule has 0 aliphatic heterocycles. The van der Waals surface area contributed by atoms with Crippen LogP contribution in [0.25, 0.3) is 0 Å². The standard InChI is InChI=1S/C12H18N2O2/c1-12(2,3)4-5-14-11(16)9-6-10(15)8-13-7-9/h6-8,15H,4-5H2,1-3H3,(H,14,16). The molecule has 0 atom stereocenters. The normalized spacial score (nSPS) is 11.2. The Kier molecular flexibility index (Phi) is 3.88. The molecule has 2 N–H and O–H groups in total. The number of rotatable bonds is 3. The van der Waals surface area contributed by atoms with Gasteiger partial charge in [0.25, 0.3) is 5.91 Å². The van der Waals surface area contributed by atoms with Crippen LogP contribution in [0.4, 0.5) is 0 Å². The largest absolute Gasteiger partial charge is 0.506 e. The van der Waals surface area contributed by atoms with Crippen molar-refractivity contribution in [2.45, 2.75) is 27.2 Å². The van der Waals surface area contributed by atoms with Crippen molar-refractivity contribution in [1.29, 1.82) is 0 Å². The van der Waals surface area contributed by atoms with E-state index in [0.29, 0.717) is 12.1 Å². The summed E-state index contributed by atoms with van der Waals surface area (Å²) in [6, 6.07) is 1.40. The van der Waals surface area contributed by atoms with Gasteiger partial charge in [-0.25, -0.2) is 0 Å². The molecule has 1 heterocycles. The van der Waals surface area contributed by atoms with Gasteiger partial charge in [0.05, 0.1) is 11.8 Å². The highest BCUT2D eigenvalue weighted by Crippen LogP contribution is 2.17. The maximum absolute atomic E-state index is 11.6. The van der Waals surface area contributed by atoms with Crippen molar-refractivity contribution < 1.29 is 9.90 Å². The molecule has 88 valence electrons. The van der Waals surface area contributed by atoms with E-state index in [1.54, 1.807) is 0 Å². The molecule has 1 amide bonds. The number of nitrogens with zero attached hydrogens (tertiary/aromatic N) is 1. The van der Waals surface area contributed by atoms with Gasteiger partial charge in [0.1, 0.15) is 5.75 Å². The fourth-order valence-electron chi connectivity index (χ4n) is 1.21. The Morgan fingerprint density at radius 3 is 2.69 bits per heavy atom. The van der Waals surface area contributed by atoms with E-state index in [9.17, 15) is 9.90 Å². The minimum atomic E-state index is -0.201.